The van der Waals surface area contributed by atoms with Crippen LogP contribution in [0.1, 0.15) is 37.0 Å². The van der Waals surface area contributed by atoms with Gasteiger partial charge in [0, 0.05) is 25.7 Å². The quantitative estimate of drug-likeness (QED) is 0.842. The molecule has 0 saturated heterocycles. The van der Waals surface area contributed by atoms with Crippen LogP contribution in [-0.4, -0.2) is 26.9 Å². The summed E-state index contributed by atoms with van der Waals surface area (Å²) < 4.78 is 10.7. The van der Waals surface area contributed by atoms with E-state index in [1.807, 2.05) is 0 Å². The molecule has 0 radical (unpaired) electrons. The van der Waals surface area contributed by atoms with E-state index in [2.05, 4.69) is 31.2 Å². The topological polar surface area (TPSA) is 44.5 Å². The zero-order valence-electron chi connectivity index (χ0n) is 11.5. The van der Waals surface area contributed by atoms with Crippen LogP contribution in [0.4, 0.5) is 0 Å². The minimum Gasteiger partial charge on any atom is -0.382 e. The van der Waals surface area contributed by atoms with Crippen LogP contribution < -0.4 is 5.73 Å². The Labute approximate surface area is 109 Å². The summed E-state index contributed by atoms with van der Waals surface area (Å²) in [5, 5.41) is 0. The Hall–Kier alpha value is -0.900. The van der Waals surface area contributed by atoms with Crippen LogP contribution in [0.3, 0.4) is 0 Å². The van der Waals surface area contributed by atoms with Crippen molar-refractivity contribution in [2.24, 2.45) is 5.73 Å². The lowest BCUT2D eigenvalue weighted by Crippen LogP contribution is -2.31. The maximum atomic E-state index is 6.13. The Kier molecular flexibility index (Phi) is 4.05. The lowest BCUT2D eigenvalue weighted by Gasteiger charge is -2.22. The number of methoxy groups -OCH3 is 2. The molecule has 2 atom stereocenters. The molecule has 1 aromatic rings. The summed E-state index contributed by atoms with van der Waals surface area (Å²) in [6.07, 6.45) is 2.38. The van der Waals surface area contributed by atoms with Crippen LogP contribution in [0.2, 0.25) is 0 Å². The van der Waals surface area contributed by atoms with E-state index >= 15 is 0 Å². The van der Waals surface area contributed by atoms with Crippen LogP contribution in [0.5, 0.6) is 0 Å². The SMILES string of the molecule is COCC(OC)c1cccc(C2(C(C)N)CC2)c1. The largest absolute Gasteiger partial charge is 0.382 e. The number of ether oxygens (including phenoxy) is 2. The molecule has 1 aliphatic carbocycles. The second-order valence-corrected chi connectivity index (χ2v) is 5.25. The zero-order valence-corrected chi connectivity index (χ0v) is 11.5. The van der Waals surface area contributed by atoms with Crippen molar-refractivity contribution in [3.63, 3.8) is 0 Å². The Morgan fingerprint density at radius 2 is 2.06 bits per heavy atom. The van der Waals surface area contributed by atoms with E-state index in [4.69, 9.17) is 15.2 Å². The highest BCUT2D eigenvalue weighted by Gasteiger charge is 2.47. The lowest BCUT2D eigenvalue weighted by atomic mass is 9.88. The van der Waals surface area contributed by atoms with E-state index < -0.39 is 0 Å². The van der Waals surface area contributed by atoms with Gasteiger partial charge >= 0.3 is 0 Å². The predicted octanol–water partition coefficient (Wildman–Crippen LogP) is 2.40. The predicted molar refractivity (Wildman–Crippen MR) is 72.6 cm³/mol. The zero-order chi connectivity index (χ0) is 13.2. The van der Waals surface area contributed by atoms with Gasteiger partial charge in [0.1, 0.15) is 6.10 Å². The Morgan fingerprint density at radius 1 is 1.33 bits per heavy atom. The van der Waals surface area contributed by atoms with Crippen LogP contribution in [-0.2, 0) is 14.9 Å². The first-order chi connectivity index (χ1) is 8.64. The fourth-order valence-electron chi connectivity index (χ4n) is 2.64. The molecule has 2 rings (SSSR count). The molecule has 0 spiro atoms. The number of nitrogens with two attached hydrogens (primary N) is 1. The average Bonchev–Trinajstić information content (AvgIpc) is 3.17. The molecule has 100 valence electrons. The molecule has 1 aliphatic rings. The Morgan fingerprint density at radius 3 is 2.56 bits per heavy atom. The average molecular weight is 249 g/mol. The summed E-state index contributed by atoms with van der Waals surface area (Å²) in [4.78, 5) is 0. The molecule has 2 N–H and O–H groups in total. The highest BCUT2D eigenvalue weighted by Crippen LogP contribution is 2.50. The molecule has 1 aromatic carbocycles. The molecule has 0 aromatic heterocycles. The van der Waals surface area contributed by atoms with E-state index in [1.54, 1.807) is 14.2 Å². The smallest absolute Gasteiger partial charge is 0.105 e. The van der Waals surface area contributed by atoms with Crippen molar-refractivity contribution < 1.29 is 9.47 Å². The molecule has 3 nitrogen and oxygen atoms in total. The van der Waals surface area contributed by atoms with Crippen molar-refractivity contribution in [3.05, 3.63) is 35.4 Å². The Balaban J connectivity index is 2.25. The van der Waals surface area contributed by atoms with Gasteiger partial charge in [-0.15, -0.1) is 0 Å². The van der Waals surface area contributed by atoms with Gasteiger partial charge in [-0.3, -0.25) is 0 Å². The van der Waals surface area contributed by atoms with Crippen LogP contribution in [0, 0.1) is 0 Å². The van der Waals surface area contributed by atoms with Crippen LogP contribution in [0.25, 0.3) is 0 Å². The van der Waals surface area contributed by atoms with Gasteiger partial charge in [-0.25, -0.2) is 0 Å². The summed E-state index contributed by atoms with van der Waals surface area (Å²) in [5.74, 6) is 0. The lowest BCUT2D eigenvalue weighted by molar-refractivity contribution is 0.0274. The van der Waals surface area contributed by atoms with Gasteiger partial charge in [-0.05, 0) is 30.9 Å². The molecule has 1 saturated carbocycles. The molecule has 2 unspecified atom stereocenters. The van der Waals surface area contributed by atoms with Gasteiger partial charge in [0.05, 0.1) is 6.61 Å². The summed E-state index contributed by atoms with van der Waals surface area (Å²) in [7, 11) is 3.41. The second kappa shape index (κ2) is 5.39. The number of hydrogen-bond donors (Lipinski definition) is 1. The first-order valence-electron chi connectivity index (χ1n) is 6.52. The maximum absolute atomic E-state index is 6.13. The minimum atomic E-state index is -0.00108. The molecule has 0 bridgehead atoms. The molecule has 3 heteroatoms. The standard InChI is InChI=1S/C15H23NO2/c1-11(16)15(7-8-15)13-6-4-5-12(9-13)14(18-3)10-17-2/h4-6,9,11,14H,7-8,10,16H2,1-3H3. The van der Waals surface area contributed by atoms with E-state index in [1.165, 1.54) is 24.0 Å². The number of rotatable bonds is 6. The van der Waals surface area contributed by atoms with Gasteiger partial charge in [-0.1, -0.05) is 24.3 Å². The highest BCUT2D eigenvalue weighted by atomic mass is 16.5. The van der Waals surface area contributed by atoms with E-state index in [0.29, 0.717) is 6.61 Å². The summed E-state index contributed by atoms with van der Waals surface area (Å²) in [5.41, 5.74) is 8.83. The number of hydrogen-bond acceptors (Lipinski definition) is 3. The van der Waals surface area contributed by atoms with Crippen molar-refractivity contribution in [2.45, 2.75) is 37.3 Å². The molecule has 18 heavy (non-hydrogen) atoms. The van der Waals surface area contributed by atoms with Crippen LogP contribution >= 0.6 is 0 Å². The van der Waals surface area contributed by atoms with E-state index in [-0.39, 0.29) is 17.6 Å². The summed E-state index contributed by atoms with van der Waals surface area (Å²) in [6, 6.07) is 8.79. The molecular formula is C15H23NO2. The normalized spacial score (nSPS) is 20.4. The van der Waals surface area contributed by atoms with E-state index in [0.717, 1.165) is 0 Å². The Bertz CT molecular complexity index is 399. The number of benzene rings is 1. The van der Waals surface area contributed by atoms with Crippen molar-refractivity contribution in [1.82, 2.24) is 0 Å². The summed E-state index contributed by atoms with van der Waals surface area (Å²) in [6.45, 7) is 2.67. The van der Waals surface area contributed by atoms with Gasteiger partial charge in [-0.2, -0.15) is 0 Å². The highest BCUT2D eigenvalue weighted by molar-refractivity contribution is 5.37. The molecular weight excluding hydrogens is 226 g/mol. The molecule has 0 amide bonds. The van der Waals surface area contributed by atoms with E-state index in [9.17, 15) is 0 Å². The fourth-order valence-corrected chi connectivity index (χ4v) is 2.64. The third-order valence-electron chi connectivity index (χ3n) is 4.10. The molecule has 0 heterocycles. The van der Waals surface area contributed by atoms with Crippen molar-refractivity contribution in [2.75, 3.05) is 20.8 Å². The van der Waals surface area contributed by atoms with Crippen LogP contribution in [0.15, 0.2) is 24.3 Å². The maximum Gasteiger partial charge on any atom is 0.105 e. The first kappa shape index (κ1) is 13.5. The van der Waals surface area contributed by atoms with Gasteiger partial charge in [0.2, 0.25) is 0 Å². The van der Waals surface area contributed by atoms with Gasteiger partial charge in [0.15, 0.2) is 0 Å². The molecule has 0 aliphatic heterocycles. The van der Waals surface area contributed by atoms with Crippen molar-refractivity contribution >= 4 is 0 Å². The van der Waals surface area contributed by atoms with Gasteiger partial charge in [0.25, 0.3) is 0 Å². The first-order valence-corrected chi connectivity index (χ1v) is 6.52. The summed E-state index contributed by atoms with van der Waals surface area (Å²) >= 11 is 0. The third kappa shape index (κ3) is 2.44. The monoisotopic (exact) mass is 249 g/mol. The van der Waals surface area contributed by atoms with Gasteiger partial charge < -0.3 is 15.2 Å². The minimum absolute atomic E-state index is 0.00108. The van der Waals surface area contributed by atoms with Crippen molar-refractivity contribution in [3.8, 4) is 0 Å². The second-order valence-electron chi connectivity index (χ2n) is 5.25. The van der Waals surface area contributed by atoms with Crippen molar-refractivity contribution in [1.29, 1.82) is 0 Å². The fraction of sp³-hybridized carbons (Fsp3) is 0.600. The third-order valence-corrected chi connectivity index (χ3v) is 4.10. The molecule has 1 fully saturated rings.